The smallest absolute Gasteiger partial charge is 0.222 e. The van der Waals surface area contributed by atoms with Crippen molar-refractivity contribution >= 4 is 5.91 Å². The molecule has 2 atom stereocenters. The lowest BCUT2D eigenvalue weighted by Crippen LogP contribution is -2.32. The van der Waals surface area contributed by atoms with Gasteiger partial charge in [-0.2, -0.15) is 0 Å². The molecule has 6 nitrogen and oxygen atoms in total. The van der Waals surface area contributed by atoms with E-state index in [1.807, 2.05) is 18.7 Å². The third-order valence-electron chi connectivity index (χ3n) is 5.63. The van der Waals surface area contributed by atoms with Gasteiger partial charge in [-0.1, -0.05) is 5.16 Å². The maximum atomic E-state index is 12.6. The molecule has 0 radical (unpaired) electrons. The Morgan fingerprint density at radius 3 is 2.58 bits per heavy atom. The van der Waals surface area contributed by atoms with Crippen LogP contribution in [0.4, 0.5) is 0 Å². The minimum absolute atomic E-state index is 0.173. The predicted molar refractivity (Wildman–Crippen MR) is 90.6 cm³/mol. The summed E-state index contributed by atoms with van der Waals surface area (Å²) in [4.78, 5) is 17.0. The fraction of sp³-hybridized carbons (Fsp3) is 0.778. The Hall–Kier alpha value is -1.40. The molecule has 0 unspecified atom stereocenters. The number of carbonyl (C=O) groups is 1. The molecule has 0 spiro atoms. The summed E-state index contributed by atoms with van der Waals surface area (Å²) >= 11 is 0. The first kappa shape index (κ1) is 17.4. The fourth-order valence-corrected chi connectivity index (χ4v) is 4.10. The topological polar surface area (TPSA) is 69.8 Å². The van der Waals surface area contributed by atoms with E-state index in [9.17, 15) is 9.90 Å². The van der Waals surface area contributed by atoms with Crippen LogP contribution in [-0.2, 0) is 11.2 Å². The molecule has 24 heavy (non-hydrogen) atoms. The third-order valence-corrected chi connectivity index (χ3v) is 5.63. The highest BCUT2D eigenvalue weighted by Crippen LogP contribution is 2.26. The predicted octanol–water partition coefficient (Wildman–Crippen LogP) is 1.39. The van der Waals surface area contributed by atoms with Crippen molar-refractivity contribution in [2.75, 3.05) is 39.3 Å². The van der Waals surface area contributed by atoms with Gasteiger partial charge in [0.15, 0.2) is 0 Å². The summed E-state index contributed by atoms with van der Waals surface area (Å²) in [5.74, 6) is 1.60. The monoisotopic (exact) mass is 335 g/mol. The molecular weight excluding hydrogens is 306 g/mol. The average Bonchev–Trinajstić information content (AvgIpc) is 3.28. The first-order valence-corrected chi connectivity index (χ1v) is 9.11. The van der Waals surface area contributed by atoms with Gasteiger partial charge in [0.05, 0.1) is 5.69 Å². The summed E-state index contributed by atoms with van der Waals surface area (Å²) < 4.78 is 5.17. The van der Waals surface area contributed by atoms with Crippen LogP contribution < -0.4 is 0 Å². The van der Waals surface area contributed by atoms with E-state index in [4.69, 9.17) is 4.52 Å². The second-order valence-electron chi connectivity index (χ2n) is 7.31. The number of aliphatic hydroxyl groups excluding tert-OH is 1. The number of amides is 1. The molecule has 1 aromatic rings. The minimum atomic E-state index is 0.173. The van der Waals surface area contributed by atoms with Gasteiger partial charge in [-0.3, -0.25) is 4.79 Å². The van der Waals surface area contributed by atoms with Gasteiger partial charge >= 0.3 is 0 Å². The molecule has 6 heteroatoms. The zero-order valence-corrected chi connectivity index (χ0v) is 14.8. The average molecular weight is 335 g/mol. The summed E-state index contributed by atoms with van der Waals surface area (Å²) in [6.45, 7) is 8.79. The van der Waals surface area contributed by atoms with Crippen molar-refractivity contribution in [2.24, 2.45) is 11.8 Å². The van der Waals surface area contributed by atoms with E-state index in [1.54, 1.807) is 0 Å². The third kappa shape index (κ3) is 3.81. The van der Waals surface area contributed by atoms with Gasteiger partial charge in [0, 0.05) is 44.1 Å². The Morgan fingerprint density at radius 2 is 1.96 bits per heavy atom. The number of hydrogen-bond donors (Lipinski definition) is 1. The van der Waals surface area contributed by atoms with Crippen molar-refractivity contribution in [1.29, 1.82) is 0 Å². The molecule has 0 bridgehead atoms. The second-order valence-corrected chi connectivity index (χ2v) is 7.31. The minimum Gasteiger partial charge on any atom is -0.396 e. The number of hydrogen-bond acceptors (Lipinski definition) is 5. The SMILES string of the molecule is Cc1noc(C)c1CCC(=O)N1C[C@@H](CN2CCCC2)[C@@H](CO)C1. The second kappa shape index (κ2) is 7.66. The molecule has 2 aliphatic rings. The molecule has 3 rings (SSSR count). The lowest BCUT2D eigenvalue weighted by Gasteiger charge is -2.22. The molecule has 3 heterocycles. The van der Waals surface area contributed by atoms with Gasteiger partial charge in [-0.05, 0) is 52.1 Å². The number of carbonyl (C=O) groups excluding carboxylic acids is 1. The van der Waals surface area contributed by atoms with Crippen molar-refractivity contribution in [2.45, 2.75) is 39.5 Å². The van der Waals surface area contributed by atoms with E-state index in [0.717, 1.165) is 43.2 Å². The molecular formula is C18H29N3O3. The maximum Gasteiger partial charge on any atom is 0.222 e. The zero-order chi connectivity index (χ0) is 17.1. The quantitative estimate of drug-likeness (QED) is 0.851. The van der Waals surface area contributed by atoms with E-state index >= 15 is 0 Å². The van der Waals surface area contributed by atoms with E-state index in [2.05, 4.69) is 10.1 Å². The van der Waals surface area contributed by atoms with E-state index in [-0.39, 0.29) is 18.4 Å². The van der Waals surface area contributed by atoms with Crippen LogP contribution in [-0.4, -0.2) is 65.3 Å². The molecule has 2 fully saturated rings. The Labute approximate surface area is 143 Å². The van der Waals surface area contributed by atoms with Crippen molar-refractivity contribution in [3.63, 3.8) is 0 Å². The van der Waals surface area contributed by atoms with E-state index in [0.29, 0.717) is 25.3 Å². The maximum absolute atomic E-state index is 12.6. The van der Waals surface area contributed by atoms with Gasteiger partial charge in [0.25, 0.3) is 0 Å². The highest BCUT2D eigenvalue weighted by Gasteiger charge is 2.35. The number of nitrogens with zero attached hydrogens (tertiary/aromatic N) is 3. The molecule has 0 aliphatic carbocycles. The van der Waals surface area contributed by atoms with E-state index in [1.165, 1.54) is 12.8 Å². The lowest BCUT2D eigenvalue weighted by molar-refractivity contribution is -0.130. The lowest BCUT2D eigenvalue weighted by atomic mass is 9.96. The summed E-state index contributed by atoms with van der Waals surface area (Å²) in [6.07, 6.45) is 3.71. The van der Waals surface area contributed by atoms with Crippen LogP contribution in [0.2, 0.25) is 0 Å². The molecule has 2 aliphatic heterocycles. The Kier molecular flexibility index (Phi) is 5.56. The van der Waals surface area contributed by atoms with Crippen LogP contribution in [0.1, 0.15) is 36.3 Å². The summed E-state index contributed by atoms with van der Waals surface area (Å²) in [5, 5.41) is 13.6. The first-order chi connectivity index (χ1) is 11.6. The summed E-state index contributed by atoms with van der Waals surface area (Å²) in [7, 11) is 0. The number of aryl methyl sites for hydroxylation is 2. The van der Waals surface area contributed by atoms with Gasteiger partial charge in [-0.25, -0.2) is 0 Å². The van der Waals surface area contributed by atoms with Crippen LogP contribution in [0.3, 0.4) is 0 Å². The van der Waals surface area contributed by atoms with Crippen LogP contribution >= 0.6 is 0 Å². The highest BCUT2D eigenvalue weighted by atomic mass is 16.5. The summed E-state index contributed by atoms with van der Waals surface area (Å²) in [5.41, 5.74) is 1.93. The summed E-state index contributed by atoms with van der Waals surface area (Å²) in [6, 6.07) is 0. The number of aliphatic hydroxyl groups is 1. The molecule has 1 amide bonds. The fourth-order valence-electron chi connectivity index (χ4n) is 4.10. The van der Waals surface area contributed by atoms with Crippen LogP contribution in [0.5, 0.6) is 0 Å². The van der Waals surface area contributed by atoms with Gasteiger partial charge in [0.1, 0.15) is 5.76 Å². The number of aromatic nitrogens is 1. The van der Waals surface area contributed by atoms with E-state index < -0.39 is 0 Å². The van der Waals surface area contributed by atoms with Crippen molar-refractivity contribution in [3.8, 4) is 0 Å². The normalized spacial score (nSPS) is 24.9. The number of likely N-dealkylation sites (tertiary alicyclic amines) is 2. The Bertz CT molecular complexity index is 546. The largest absolute Gasteiger partial charge is 0.396 e. The Morgan fingerprint density at radius 1 is 1.25 bits per heavy atom. The molecule has 2 saturated heterocycles. The molecule has 0 saturated carbocycles. The van der Waals surface area contributed by atoms with Crippen LogP contribution in [0.15, 0.2) is 4.52 Å². The zero-order valence-electron chi connectivity index (χ0n) is 14.8. The molecule has 134 valence electrons. The first-order valence-electron chi connectivity index (χ1n) is 9.11. The van der Waals surface area contributed by atoms with Crippen molar-refractivity contribution in [3.05, 3.63) is 17.0 Å². The molecule has 1 aromatic heterocycles. The van der Waals surface area contributed by atoms with Crippen molar-refractivity contribution in [1.82, 2.24) is 15.0 Å². The van der Waals surface area contributed by atoms with Crippen LogP contribution in [0, 0.1) is 25.7 Å². The highest BCUT2D eigenvalue weighted by molar-refractivity contribution is 5.76. The van der Waals surface area contributed by atoms with Gasteiger partial charge in [0.2, 0.25) is 5.91 Å². The molecule has 1 N–H and O–H groups in total. The number of rotatable bonds is 6. The van der Waals surface area contributed by atoms with Gasteiger partial charge < -0.3 is 19.4 Å². The molecule has 0 aromatic carbocycles. The van der Waals surface area contributed by atoms with Gasteiger partial charge in [-0.15, -0.1) is 0 Å². The van der Waals surface area contributed by atoms with Crippen LogP contribution in [0.25, 0.3) is 0 Å². The van der Waals surface area contributed by atoms with Crippen molar-refractivity contribution < 1.29 is 14.4 Å². The standard InChI is InChI=1S/C18H29N3O3/c1-13-17(14(2)24-19-13)5-6-18(23)21-10-15(16(11-21)12-22)9-20-7-3-4-8-20/h15-16,22H,3-12H2,1-2H3/t15-,16-/m1/s1. The Balaban J connectivity index is 1.53.